The molecular weight excluding hydrogens is 218 g/mol. The first-order chi connectivity index (χ1) is 8.06. The molecule has 4 heteroatoms. The molecule has 0 aliphatic carbocycles. The van der Waals surface area contributed by atoms with E-state index in [-0.39, 0.29) is 6.04 Å². The average Bonchev–Trinajstić information content (AvgIpc) is 2.67. The molecule has 0 aliphatic heterocycles. The van der Waals surface area contributed by atoms with Gasteiger partial charge in [-0.05, 0) is 32.0 Å². The maximum Gasteiger partial charge on any atom is 0.352 e. The molecule has 0 radical (unpaired) electrons. The van der Waals surface area contributed by atoms with Crippen LogP contribution in [0.25, 0.3) is 10.9 Å². The molecule has 4 nitrogen and oxygen atoms in total. The predicted octanol–water partition coefficient (Wildman–Crippen LogP) is 2.93. The third-order valence-electron chi connectivity index (χ3n) is 2.80. The zero-order chi connectivity index (χ0) is 12.6. The van der Waals surface area contributed by atoms with Crippen molar-refractivity contribution in [3.8, 4) is 5.75 Å². The Morgan fingerprint density at radius 1 is 1.41 bits per heavy atom. The first kappa shape index (κ1) is 11.5. The number of hydrogen-bond donors (Lipinski definition) is 1. The number of methoxy groups -OCH3 is 1. The smallest absolute Gasteiger partial charge is 0.352 e. The SMILES string of the molecule is COc1cccc2c1cc(C(=O)O)n2C(C)C. The highest BCUT2D eigenvalue weighted by Crippen LogP contribution is 2.30. The van der Waals surface area contributed by atoms with E-state index in [9.17, 15) is 9.90 Å². The Hall–Kier alpha value is -1.97. The number of rotatable bonds is 3. The lowest BCUT2D eigenvalue weighted by molar-refractivity contribution is 0.0684. The third kappa shape index (κ3) is 1.75. The maximum absolute atomic E-state index is 11.2. The van der Waals surface area contributed by atoms with Crippen molar-refractivity contribution in [2.45, 2.75) is 19.9 Å². The number of nitrogens with zero attached hydrogens (tertiary/aromatic N) is 1. The van der Waals surface area contributed by atoms with Crippen LogP contribution in [0, 0.1) is 0 Å². The summed E-state index contributed by atoms with van der Waals surface area (Å²) < 4.78 is 7.05. The summed E-state index contributed by atoms with van der Waals surface area (Å²) in [6.07, 6.45) is 0. The van der Waals surface area contributed by atoms with Gasteiger partial charge in [0.15, 0.2) is 0 Å². The molecule has 1 N–H and O–H groups in total. The summed E-state index contributed by atoms with van der Waals surface area (Å²) in [4.78, 5) is 11.2. The summed E-state index contributed by atoms with van der Waals surface area (Å²) in [6.45, 7) is 3.93. The Bertz CT molecular complexity index is 569. The van der Waals surface area contributed by atoms with Gasteiger partial charge in [0, 0.05) is 11.4 Å². The normalized spacial score (nSPS) is 11.1. The van der Waals surface area contributed by atoms with Crippen molar-refractivity contribution in [3.05, 3.63) is 30.0 Å². The molecule has 1 aromatic carbocycles. The van der Waals surface area contributed by atoms with E-state index in [4.69, 9.17) is 4.74 Å². The zero-order valence-corrected chi connectivity index (χ0v) is 10.1. The Kier molecular flexibility index (Phi) is 2.79. The fourth-order valence-electron chi connectivity index (χ4n) is 2.12. The second kappa shape index (κ2) is 4.13. The zero-order valence-electron chi connectivity index (χ0n) is 10.1. The molecule has 0 bridgehead atoms. The standard InChI is InChI=1S/C13H15NO3/c1-8(2)14-10-5-4-6-12(17-3)9(10)7-11(14)13(15)16/h4-8H,1-3H3,(H,15,16). The van der Waals surface area contributed by atoms with E-state index in [1.165, 1.54) is 0 Å². The molecule has 0 aliphatic rings. The van der Waals surface area contributed by atoms with Gasteiger partial charge < -0.3 is 14.4 Å². The number of carboxylic acid groups (broad SMARTS) is 1. The van der Waals surface area contributed by atoms with Crippen LogP contribution in [-0.4, -0.2) is 22.8 Å². The van der Waals surface area contributed by atoms with Crippen LogP contribution in [0.5, 0.6) is 5.75 Å². The van der Waals surface area contributed by atoms with Gasteiger partial charge in [0.2, 0.25) is 0 Å². The number of fused-ring (bicyclic) bond motifs is 1. The first-order valence-corrected chi connectivity index (χ1v) is 5.47. The molecule has 2 rings (SSSR count). The molecule has 0 spiro atoms. The molecule has 90 valence electrons. The molecule has 1 aromatic heterocycles. The minimum atomic E-state index is -0.919. The van der Waals surface area contributed by atoms with Crippen molar-refractivity contribution in [1.82, 2.24) is 4.57 Å². The van der Waals surface area contributed by atoms with Gasteiger partial charge in [0.1, 0.15) is 11.4 Å². The van der Waals surface area contributed by atoms with E-state index < -0.39 is 5.97 Å². The summed E-state index contributed by atoms with van der Waals surface area (Å²) in [6, 6.07) is 7.36. The quantitative estimate of drug-likeness (QED) is 0.886. The van der Waals surface area contributed by atoms with E-state index in [1.807, 2.05) is 32.0 Å². The van der Waals surface area contributed by atoms with Crippen molar-refractivity contribution in [2.75, 3.05) is 7.11 Å². The molecule has 0 atom stereocenters. The van der Waals surface area contributed by atoms with Crippen molar-refractivity contribution >= 4 is 16.9 Å². The number of hydrogen-bond acceptors (Lipinski definition) is 2. The second-order valence-corrected chi connectivity index (χ2v) is 4.19. The maximum atomic E-state index is 11.2. The number of carboxylic acids is 1. The van der Waals surface area contributed by atoms with E-state index in [1.54, 1.807) is 17.7 Å². The summed E-state index contributed by atoms with van der Waals surface area (Å²) in [7, 11) is 1.59. The fraction of sp³-hybridized carbons (Fsp3) is 0.308. The number of aromatic carboxylic acids is 1. The van der Waals surface area contributed by atoms with Crippen molar-refractivity contribution in [2.24, 2.45) is 0 Å². The van der Waals surface area contributed by atoms with Gasteiger partial charge in [-0.3, -0.25) is 0 Å². The number of carbonyl (C=O) groups is 1. The molecule has 1 heterocycles. The van der Waals surface area contributed by atoms with Crippen LogP contribution in [-0.2, 0) is 0 Å². The van der Waals surface area contributed by atoms with Gasteiger partial charge in [0.25, 0.3) is 0 Å². The molecule has 0 amide bonds. The van der Waals surface area contributed by atoms with Crippen LogP contribution < -0.4 is 4.74 Å². The Morgan fingerprint density at radius 3 is 2.65 bits per heavy atom. The van der Waals surface area contributed by atoms with Crippen LogP contribution in [0.2, 0.25) is 0 Å². The lowest BCUT2D eigenvalue weighted by atomic mass is 10.2. The van der Waals surface area contributed by atoms with Crippen molar-refractivity contribution in [3.63, 3.8) is 0 Å². The monoisotopic (exact) mass is 233 g/mol. The molecule has 0 unspecified atom stereocenters. The second-order valence-electron chi connectivity index (χ2n) is 4.19. The predicted molar refractivity (Wildman–Crippen MR) is 65.8 cm³/mol. The fourth-order valence-corrected chi connectivity index (χ4v) is 2.12. The first-order valence-electron chi connectivity index (χ1n) is 5.47. The van der Waals surface area contributed by atoms with Gasteiger partial charge in [-0.15, -0.1) is 0 Å². The highest BCUT2D eigenvalue weighted by molar-refractivity contribution is 5.97. The molecule has 17 heavy (non-hydrogen) atoms. The lowest BCUT2D eigenvalue weighted by Gasteiger charge is -2.12. The van der Waals surface area contributed by atoms with Gasteiger partial charge >= 0.3 is 5.97 Å². The van der Waals surface area contributed by atoms with E-state index in [0.29, 0.717) is 11.4 Å². The minimum Gasteiger partial charge on any atom is -0.496 e. The summed E-state index contributed by atoms with van der Waals surface area (Å²) >= 11 is 0. The summed E-state index contributed by atoms with van der Waals surface area (Å²) in [5, 5.41) is 10.1. The minimum absolute atomic E-state index is 0.0886. The van der Waals surface area contributed by atoms with Crippen LogP contribution in [0.15, 0.2) is 24.3 Å². The van der Waals surface area contributed by atoms with Gasteiger partial charge in [-0.1, -0.05) is 6.07 Å². The number of benzene rings is 1. The van der Waals surface area contributed by atoms with E-state index in [2.05, 4.69) is 0 Å². The van der Waals surface area contributed by atoms with E-state index >= 15 is 0 Å². The summed E-state index contributed by atoms with van der Waals surface area (Å²) in [5.41, 5.74) is 1.18. The van der Waals surface area contributed by atoms with Gasteiger partial charge in [0.05, 0.1) is 12.6 Å². The van der Waals surface area contributed by atoms with Crippen LogP contribution in [0.4, 0.5) is 0 Å². The van der Waals surface area contributed by atoms with Gasteiger partial charge in [-0.25, -0.2) is 4.79 Å². The number of aromatic nitrogens is 1. The molecule has 2 aromatic rings. The van der Waals surface area contributed by atoms with Crippen molar-refractivity contribution < 1.29 is 14.6 Å². The Labute approximate surface area is 99.4 Å². The van der Waals surface area contributed by atoms with Crippen LogP contribution in [0.3, 0.4) is 0 Å². The number of ether oxygens (including phenoxy) is 1. The molecule has 0 saturated heterocycles. The molecule has 0 fully saturated rings. The topological polar surface area (TPSA) is 51.5 Å². The average molecular weight is 233 g/mol. The highest BCUT2D eigenvalue weighted by Gasteiger charge is 2.18. The Balaban J connectivity index is 2.83. The Morgan fingerprint density at radius 2 is 2.12 bits per heavy atom. The lowest BCUT2D eigenvalue weighted by Crippen LogP contribution is -2.10. The van der Waals surface area contributed by atoms with E-state index in [0.717, 1.165) is 10.9 Å². The highest BCUT2D eigenvalue weighted by atomic mass is 16.5. The largest absolute Gasteiger partial charge is 0.496 e. The molecular formula is C13H15NO3. The molecule has 0 saturated carbocycles. The van der Waals surface area contributed by atoms with Crippen LogP contribution >= 0.6 is 0 Å². The summed E-state index contributed by atoms with van der Waals surface area (Å²) in [5.74, 6) is -0.221. The van der Waals surface area contributed by atoms with Gasteiger partial charge in [-0.2, -0.15) is 0 Å². The van der Waals surface area contributed by atoms with Crippen molar-refractivity contribution in [1.29, 1.82) is 0 Å². The van der Waals surface area contributed by atoms with Crippen LogP contribution in [0.1, 0.15) is 30.4 Å². The third-order valence-corrected chi connectivity index (χ3v) is 2.80.